The van der Waals surface area contributed by atoms with Crippen molar-refractivity contribution in [2.45, 2.75) is 13.0 Å². The summed E-state index contributed by atoms with van der Waals surface area (Å²) in [5.74, 6) is -0.651. The molecule has 0 saturated heterocycles. The van der Waals surface area contributed by atoms with Gasteiger partial charge in [-0.1, -0.05) is 0 Å². The van der Waals surface area contributed by atoms with Gasteiger partial charge in [0.15, 0.2) is 0 Å². The summed E-state index contributed by atoms with van der Waals surface area (Å²) >= 11 is 0. The number of hydrogen-bond acceptors (Lipinski definition) is 2. The molecule has 1 heterocycles. The third-order valence-electron chi connectivity index (χ3n) is 1.36. The minimum atomic E-state index is -2.68. The number of pyridine rings is 1. The molecular formula is C7H7F3N2. The fraction of sp³-hybridized carbons (Fsp3) is 0.286. The Kier molecular flexibility index (Phi) is 2.65. The summed E-state index contributed by atoms with van der Waals surface area (Å²) in [6.07, 6.45) is -2.68. The maximum absolute atomic E-state index is 12.6. The van der Waals surface area contributed by atoms with Gasteiger partial charge in [0.25, 0.3) is 6.43 Å². The molecule has 0 aliphatic rings. The first-order valence-electron chi connectivity index (χ1n) is 3.28. The highest BCUT2D eigenvalue weighted by molar-refractivity contribution is 5.13. The van der Waals surface area contributed by atoms with Crippen LogP contribution in [0.2, 0.25) is 0 Å². The van der Waals surface area contributed by atoms with Crippen LogP contribution >= 0.6 is 0 Å². The molecule has 0 bridgehead atoms. The second-order valence-corrected chi connectivity index (χ2v) is 2.17. The molecule has 0 amide bonds. The number of alkyl halides is 2. The van der Waals surface area contributed by atoms with Gasteiger partial charge in [-0.15, -0.1) is 0 Å². The maximum atomic E-state index is 12.6. The van der Waals surface area contributed by atoms with Crippen LogP contribution in [0, 0.1) is 5.82 Å². The predicted molar refractivity (Wildman–Crippen MR) is 37.0 cm³/mol. The summed E-state index contributed by atoms with van der Waals surface area (Å²) in [5, 5.41) is 0. The monoisotopic (exact) mass is 176 g/mol. The van der Waals surface area contributed by atoms with E-state index < -0.39 is 17.9 Å². The molecule has 66 valence electrons. The third-order valence-corrected chi connectivity index (χ3v) is 1.36. The van der Waals surface area contributed by atoms with Gasteiger partial charge >= 0.3 is 0 Å². The summed E-state index contributed by atoms with van der Waals surface area (Å²) < 4.78 is 36.6. The summed E-state index contributed by atoms with van der Waals surface area (Å²) in [7, 11) is 0. The average molecular weight is 176 g/mol. The van der Waals surface area contributed by atoms with Crippen molar-refractivity contribution in [1.29, 1.82) is 0 Å². The standard InChI is InChI=1S/C7H7F3N2/c8-4-1-2-5(7(9)10)12-6(4)3-11/h1-2,7H,3,11H2. The maximum Gasteiger partial charge on any atom is 0.280 e. The van der Waals surface area contributed by atoms with Crippen LogP contribution in [-0.2, 0) is 6.54 Å². The Morgan fingerprint density at radius 1 is 1.42 bits per heavy atom. The van der Waals surface area contributed by atoms with Crippen LogP contribution in [0.5, 0.6) is 0 Å². The molecule has 1 aromatic rings. The molecule has 1 rings (SSSR count). The van der Waals surface area contributed by atoms with Crippen molar-refractivity contribution < 1.29 is 13.2 Å². The van der Waals surface area contributed by atoms with Crippen LogP contribution in [-0.4, -0.2) is 4.98 Å². The van der Waals surface area contributed by atoms with Crippen molar-refractivity contribution in [3.63, 3.8) is 0 Å². The minimum absolute atomic E-state index is 0.132. The largest absolute Gasteiger partial charge is 0.325 e. The van der Waals surface area contributed by atoms with E-state index >= 15 is 0 Å². The molecule has 12 heavy (non-hydrogen) atoms. The molecule has 0 fully saturated rings. The zero-order valence-electron chi connectivity index (χ0n) is 6.10. The van der Waals surface area contributed by atoms with Gasteiger partial charge in [0.05, 0.1) is 5.69 Å². The van der Waals surface area contributed by atoms with Crippen molar-refractivity contribution >= 4 is 0 Å². The zero-order chi connectivity index (χ0) is 9.14. The van der Waals surface area contributed by atoms with Gasteiger partial charge in [-0.2, -0.15) is 0 Å². The first kappa shape index (κ1) is 8.99. The van der Waals surface area contributed by atoms with E-state index in [2.05, 4.69) is 4.98 Å². The van der Waals surface area contributed by atoms with Gasteiger partial charge in [-0.3, -0.25) is 0 Å². The van der Waals surface area contributed by atoms with E-state index in [1.165, 1.54) is 0 Å². The Bertz CT molecular complexity index is 275. The molecule has 0 radical (unpaired) electrons. The van der Waals surface area contributed by atoms with E-state index in [0.717, 1.165) is 12.1 Å². The molecule has 2 nitrogen and oxygen atoms in total. The topological polar surface area (TPSA) is 38.9 Å². The number of nitrogens with two attached hydrogens (primary N) is 1. The van der Waals surface area contributed by atoms with Crippen LogP contribution in [0.25, 0.3) is 0 Å². The van der Waals surface area contributed by atoms with Crippen molar-refractivity contribution in [3.8, 4) is 0 Å². The smallest absolute Gasteiger partial charge is 0.280 e. The highest BCUT2D eigenvalue weighted by Crippen LogP contribution is 2.17. The lowest BCUT2D eigenvalue weighted by atomic mass is 10.3. The van der Waals surface area contributed by atoms with Crippen molar-refractivity contribution in [2.75, 3.05) is 0 Å². The van der Waals surface area contributed by atoms with Gasteiger partial charge in [0, 0.05) is 6.54 Å². The van der Waals surface area contributed by atoms with E-state index in [-0.39, 0.29) is 12.2 Å². The lowest BCUT2D eigenvalue weighted by Crippen LogP contribution is -2.05. The van der Waals surface area contributed by atoms with Crippen molar-refractivity contribution in [3.05, 3.63) is 29.3 Å². The second kappa shape index (κ2) is 3.53. The molecule has 2 N–H and O–H groups in total. The van der Waals surface area contributed by atoms with Crippen molar-refractivity contribution in [1.82, 2.24) is 4.98 Å². The molecule has 0 aliphatic heterocycles. The van der Waals surface area contributed by atoms with Crippen LogP contribution in [0.4, 0.5) is 13.2 Å². The fourth-order valence-electron chi connectivity index (χ4n) is 0.766. The van der Waals surface area contributed by atoms with E-state index in [1.54, 1.807) is 0 Å². The highest BCUT2D eigenvalue weighted by atomic mass is 19.3. The third kappa shape index (κ3) is 1.73. The van der Waals surface area contributed by atoms with E-state index in [4.69, 9.17) is 5.73 Å². The first-order valence-corrected chi connectivity index (χ1v) is 3.28. The first-order chi connectivity index (χ1) is 5.65. The SMILES string of the molecule is NCc1nc(C(F)F)ccc1F. The predicted octanol–water partition coefficient (Wildman–Crippen LogP) is 1.62. The van der Waals surface area contributed by atoms with Gasteiger partial charge in [-0.25, -0.2) is 18.2 Å². The van der Waals surface area contributed by atoms with Crippen LogP contribution < -0.4 is 5.73 Å². The van der Waals surface area contributed by atoms with Gasteiger partial charge < -0.3 is 5.73 Å². The summed E-state index contributed by atoms with van der Waals surface area (Å²) in [6, 6.07) is 1.88. The molecule has 0 spiro atoms. The molecule has 0 unspecified atom stereocenters. The average Bonchev–Trinajstić information content (AvgIpc) is 2.05. The van der Waals surface area contributed by atoms with Crippen LogP contribution in [0.3, 0.4) is 0 Å². The van der Waals surface area contributed by atoms with E-state index in [0.29, 0.717) is 0 Å². The highest BCUT2D eigenvalue weighted by Gasteiger charge is 2.11. The van der Waals surface area contributed by atoms with E-state index in [1.807, 2.05) is 0 Å². The van der Waals surface area contributed by atoms with Gasteiger partial charge in [0.1, 0.15) is 11.5 Å². The van der Waals surface area contributed by atoms with Crippen LogP contribution in [0.15, 0.2) is 12.1 Å². The number of nitrogens with zero attached hydrogens (tertiary/aromatic N) is 1. The quantitative estimate of drug-likeness (QED) is 0.743. The Hall–Kier alpha value is -1.10. The van der Waals surface area contributed by atoms with Gasteiger partial charge in [-0.05, 0) is 12.1 Å². The number of aromatic nitrogens is 1. The fourth-order valence-corrected chi connectivity index (χ4v) is 0.766. The Labute approximate surface area is 67.2 Å². The molecule has 0 atom stereocenters. The van der Waals surface area contributed by atoms with Gasteiger partial charge in [0.2, 0.25) is 0 Å². The minimum Gasteiger partial charge on any atom is -0.325 e. The molecule has 1 aromatic heterocycles. The Balaban J connectivity index is 3.05. The summed E-state index contributed by atoms with van der Waals surface area (Å²) in [5.41, 5.74) is 4.49. The Morgan fingerprint density at radius 2 is 2.08 bits per heavy atom. The lowest BCUT2D eigenvalue weighted by Gasteiger charge is -2.02. The number of hydrogen-bond donors (Lipinski definition) is 1. The molecule has 5 heteroatoms. The number of halogens is 3. The molecule has 0 aromatic carbocycles. The lowest BCUT2D eigenvalue weighted by molar-refractivity contribution is 0.145. The summed E-state index contributed by atoms with van der Waals surface area (Å²) in [4.78, 5) is 3.34. The van der Waals surface area contributed by atoms with Crippen molar-refractivity contribution in [2.24, 2.45) is 5.73 Å². The Morgan fingerprint density at radius 3 is 2.58 bits per heavy atom. The zero-order valence-corrected chi connectivity index (χ0v) is 6.10. The molecule has 0 saturated carbocycles. The second-order valence-electron chi connectivity index (χ2n) is 2.17. The number of rotatable bonds is 2. The summed E-state index contributed by atoms with van der Waals surface area (Å²) in [6.45, 7) is -0.174. The normalized spacial score (nSPS) is 10.8. The molecule has 0 aliphatic carbocycles. The molecular weight excluding hydrogens is 169 g/mol. The van der Waals surface area contributed by atoms with E-state index in [9.17, 15) is 13.2 Å². The van der Waals surface area contributed by atoms with Crippen LogP contribution in [0.1, 0.15) is 17.8 Å².